The minimum Gasteiger partial charge on any atom is -0.359 e. The fourth-order valence-electron chi connectivity index (χ4n) is 1.80. The Morgan fingerprint density at radius 2 is 2.09 bits per heavy atom. The molecule has 0 unspecified atom stereocenters. The molecule has 0 aromatic carbocycles. The van der Waals surface area contributed by atoms with Gasteiger partial charge in [-0.15, -0.1) is 0 Å². The number of hydrogen-bond donors (Lipinski definition) is 3. The first kappa shape index (κ1) is 18.0. The fraction of sp³-hybridized carbons (Fsp3) is 0.667. The number of carbonyl (C=O) groups is 1. The smallest absolute Gasteiger partial charge is 0.227 e. The van der Waals surface area contributed by atoms with Crippen molar-refractivity contribution in [3.63, 3.8) is 0 Å². The Bertz CT molecular complexity index is 520. The molecule has 22 heavy (non-hydrogen) atoms. The van der Waals surface area contributed by atoms with Gasteiger partial charge in [-0.05, 0) is 19.8 Å². The summed E-state index contributed by atoms with van der Waals surface area (Å²) in [6.07, 6.45) is 0. The predicted molar refractivity (Wildman–Crippen MR) is 86.6 cm³/mol. The lowest BCUT2D eigenvalue weighted by Crippen LogP contribution is -2.47. The lowest BCUT2D eigenvalue weighted by atomic mass is 9.92. The molecule has 0 bridgehead atoms. The SMILES string of the molecule is CN=C(NCc1cc(C(C)C)no1)NCC(C)(C)C(=O)NC. The van der Waals surface area contributed by atoms with Crippen molar-refractivity contribution in [2.24, 2.45) is 10.4 Å². The summed E-state index contributed by atoms with van der Waals surface area (Å²) in [6, 6.07) is 1.93. The molecule has 0 fully saturated rings. The average Bonchev–Trinajstić information content (AvgIpc) is 2.95. The van der Waals surface area contributed by atoms with Crippen LogP contribution in [-0.4, -0.2) is 37.7 Å². The van der Waals surface area contributed by atoms with Crippen molar-refractivity contribution in [2.75, 3.05) is 20.6 Å². The Morgan fingerprint density at radius 1 is 1.41 bits per heavy atom. The molecule has 0 aliphatic heterocycles. The first-order valence-corrected chi connectivity index (χ1v) is 7.42. The predicted octanol–water partition coefficient (Wildman–Crippen LogP) is 1.24. The van der Waals surface area contributed by atoms with Crippen molar-refractivity contribution < 1.29 is 9.32 Å². The molecule has 0 spiro atoms. The van der Waals surface area contributed by atoms with Gasteiger partial charge >= 0.3 is 0 Å². The van der Waals surface area contributed by atoms with Crippen molar-refractivity contribution >= 4 is 11.9 Å². The van der Waals surface area contributed by atoms with Crippen LogP contribution in [0.25, 0.3) is 0 Å². The molecular formula is C15H27N5O2. The minimum atomic E-state index is -0.524. The molecule has 0 aliphatic carbocycles. The van der Waals surface area contributed by atoms with Crippen LogP contribution in [0.4, 0.5) is 0 Å². The average molecular weight is 309 g/mol. The number of rotatable bonds is 6. The molecule has 1 aromatic heterocycles. The summed E-state index contributed by atoms with van der Waals surface area (Å²) in [5, 5.41) is 12.9. The molecule has 0 saturated heterocycles. The number of nitrogens with zero attached hydrogens (tertiary/aromatic N) is 2. The van der Waals surface area contributed by atoms with E-state index < -0.39 is 5.41 Å². The van der Waals surface area contributed by atoms with E-state index in [1.54, 1.807) is 14.1 Å². The second-order valence-corrected chi connectivity index (χ2v) is 6.12. The summed E-state index contributed by atoms with van der Waals surface area (Å²) < 4.78 is 5.26. The van der Waals surface area contributed by atoms with Gasteiger partial charge in [0, 0.05) is 26.7 Å². The highest BCUT2D eigenvalue weighted by atomic mass is 16.5. The van der Waals surface area contributed by atoms with Gasteiger partial charge in [0.15, 0.2) is 11.7 Å². The summed E-state index contributed by atoms with van der Waals surface area (Å²) in [5.74, 6) is 1.67. The zero-order valence-corrected chi connectivity index (χ0v) is 14.3. The molecule has 1 amide bonds. The molecular weight excluding hydrogens is 282 g/mol. The zero-order chi connectivity index (χ0) is 16.8. The first-order valence-electron chi connectivity index (χ1n) is 7.42. The molecule has 1 rings (SSSR count). The van der Waals surface area contributed by atoms with E-state index in [0.717, 1.165) is 11.5 Å². The Labute approximate surface area is 131 Å². The monoisotopic (exact) mass is 309 g/mol. The molecule has 0 atom stereocenters. The van der Waals surface area contributed by atoms with Crippen molar-refractivity contribution in [1.82, 2.24) is 21.1 Å². The molecule has 7 heteroatoms. The number of hydrogen-bond acceptors (Lipinski definition) is 4. The zero-order valence-electron chi connectivity index (χ0n) is 14.3. The highest BCUT2D eigenvalue weighted by Crippen LogP contribution is 2.14. The maximum atomic E-state index is 11.7. The number of carbonyl (C=O) groups excluding carboxylic acids is 1. The third-order valence-electron chi connectivity index (χ3n) is 3.36. The van der Waals surface area contributed by atoms with E-state index in [4.69, 9.17) is 4.52 Å². The van der Waals surface area contributed by atoms with Gasteiger partial charge in [0.2, 0.25) is 5.91 Å². The largest absolute Gasteiger partial charge is 0.359 e. The number of guanidine groups is 1. The van der Waals surface area contributed by atoms with E-state index >= 15 is 0 Å². The maximum Gasteiger partial charge on any atom is 0.227 e. The van der Waals surface area contributed by atoms with Crippen molar-refractivity contribution in [2.45, 2.75) is 40.2 Å². The van der Waals surface area contributed by atoms with Crippen LogP contribution in [0.1, 0.15) is 45.1 Å². The molecule has 1 aromatic rings. The lowest BCUT2D eigenvalue weighted by Gasteiger charge is -2.24. The van der Waals surface area contributed by atoms with Gasteiger partial charge in [-0.3, -0.25) is 9.79 Å². The van der Waals surface area contributed by atoms with Gasteiger partial charge in [-0.25, -0.2) is 0 Å². The Hall–Kier alpha value is -2.05. The molecule has 1 heterocycles. The van der Waals surface area contributed by atoms with Crippen molar-refractivity contribution in [1.29, 1.82) is 0 Å². The number of nitrogens with one attached hydrogen (secondary N) is 3. The second-order valence-electron chi connectivity index (χ2n) is 6.12. The van der Waals surface area contributed by atoms with Crippen LogP contribution in [0.15, 0.2) is 15.6 Å². The van der Waals surface area contributed by atoms with Crippen LogP contribution < -0.4 is 16.0 Å². The van der Waals surface area contributed by atoms with Crippen molar-refractivity contribution in [3.05, 3.63) is 17.5 Å². The van der Waals surface area contributed by atoms with Crippen LogP contribution in [0.3, 0.4) is 0 Å². The molecule has 3 N–H and O–H groups in total. The third-order valence-corrected chi connectivity index (χ3v) is 3.36. The van der Waals surface area contributed by atoms with Gasteiger partial charge in [0.1, 0.15) is 0 Å². The van der Waals surface area contributed by atoms with Crippen LogP contribution in [0.2, 0.25) is 0 Å². The van der Waals surface area contributed by atoms with E-state index in [0.29, 0.717) is 25.0 Å². The summed E-state index contributed by atoms with van der Waals surface area (Å²) >= 11 is 0. The molecule has 0 radical (unpaired) electrons. The highest BCUT2D eigenvalue weighted by molar-refractivity contribution is 5.84. The van der Waals surface area contributed by atoms with Crippen LogP contribution in [0, 0.1) is 5.41 Å². The van der Waals surface area contributed by atoms with Crippen LogP contribution >= 0.6 is 0 Å². The second kappa shape index (κ2) is 7.82. The van der Waals surface area contributed by atoms with Crippen LogP contribution in [-0.2, 0) is 11.3 Å². The van der Waals surface area contributed by atoms with Crippen molar-refractivity contribution in [3.8, 4) is 0 Å². The number of aromatic nitrogens is 1. The number of amides is 1. The maximum absolute atomic E-state index is 11.7. The summed E-state index contributed by atoms with van der Waals surface area (Å²) in [4.78, 5) is 15.9. The van der Waals surface area contributed by atoms with Crippen LogP contribution in [0.5, 0.6) is 0 Å². The van der Waals surface area contributed by atoms with E-state index in [1.807, 2.05) is 19.9 Å². The summed E-state index contributed by atoms with van der Waals surface area (Å²) in [5.41, 5.74) is 0.407. The molecule has 7 nitrogen and oxygen atoms in total. The van der Waals surface area contributed by atoms with Gasteiger partial charge in [-0.1, -0.05) is 19.0 Å². The Morgan fingerprint density at radius 3 is 2.59 bits per heavy atom. The quantitative estimate of drug-likeness (QED) is 0.543. The van der Waals surface area contributed by atoms with E-state index in [1.165, 1.54) is 0 Å². The molecule has 124 valence electrons. The van der Waals surface area contributed by atoms with Gasteiger partial charge in [0.25, 0.3) is 0 Å². The standard InChI is InChI=1S/C15H27N5O2/c1-10(2)12-7-11(22-20-12)8-18-14(17-6)19-9-15(3,4)13(21)16-5/h7,10H,8-9H2,1-6H3,(H,16,21)(H2,17,18,19). The Balaban J connectivity index is 2.50. The molecule has 0 saturated carbocycles. The minimum absolute atomic E-state index is 0.0211. The molecule has 0 aliphatic rings. The van der Waals surface area contributed by atoms with E-state index in [9.17, 15) is 4.79 Å². The first-order chi connectivity index (χ1) is 10.3. The van der Waals surface area contributed by atoms with Gasteiger partial charge in [0.05, 0.1) is 17.7 Å². The summed E-state index contributed by atoms with van der Waals surface area (Å²) in [7, 11) is 3.32. The normalized spacial score (nSPS) is 12.4. The third kappa shape index (κ3) is 5.05. The van der Waals surface area contributed by atoms with Gasteiger partial charge < -0.3 is 20.5 Å². The van der Waals surface area contributed by atoms with E-state index in [-0.39, 0.29) is 5.91 Å². The highest BCUT2D eigenvalue weighted by Gasteiger charge is 2.26. The lowest BCUT2D eigenvalue weighted by molar-refractivity contribution is -0.128. The summed E-state index contributed by atoms with van der Waals surface area (Å²) in [6.45, 7) is 8.83. The fourth-order valence-corrected chi connectivity index (χ4v) is 1.80. The van der Waals surface area contributed by atoms with E-state index in [2.05, 4.69) is 39.9 Å². The topological polar surface area (TPSA) is 91.6 Å². The Kier molecular flexibility index (Phi) is 6.39. The van der Waals surface area contributed by atoms with Gasteiger partial charge in [-0.2, -0.15) is 0 Å². The number of aliphatic imine (C=N–C) groups is 1.